The molecule has 23 heavy (non-hydrogen) atoms. The van der Waals surface area contributed by atoms with Crippen molar-refractivity contribution >= 4 is 23.9 Å². The molecule has 2 aliphatic rings. The number of ether oxygens (including phenoxy) is 2. The molecule has 0 aromatic heterocycles. The highest BCUT2D eigenvalue weighted by atomic mass is 16.6. The summed E-state index contributed by atoms with van der Waals surface area (Å²) in [6.07, 6.45) is 1.51. The standard InChI is InChI=1S/C17H24O6/c1-5-10-11(15(19)22-14(10)18)6-9(4)7-12-13(8(2)3)17(21)23-16(12)20/h8-13H,5-7H2,1-4H3. The Kier molecular flexibility index (Phi) is 5.22. The maximum Gasteiger partial charge on any atom is 0.317 e. The van der Waals surface area contributed by atoms with Crippen molar-refractivity contribution in [2.75, 3.05) is 0 Å². The van der Waals surface area contributed by atoms with Crippen molar-refractivity contribution in [3.05, 3.63) is 0 Å². The lowest BCUT2D eigenvalue weighted by atomic mass is 9.77. The van der Waals surface area contributed by atoms with Crippen molar-refractivity contribution in [2.45, 2.75) is 47.0 Å². The molecule has 0 radical (unpaired) electrons. The van der Waals surface area contributed by atoms with Crippen LogP contribution >= 0.6 is 0 Å². The zero-order chi connectivity index (χ0) is 17.3. The van der Waals surface area contributed by atoms with Crippen molar-refractivity contribution in [1.29, 1.82) is 0 Å². The Bertz CT molecular complexity index is 523. The first-order valence-corrected chi connectivity index (χ1v) is 8.27. The first kappa shape index (κ1) is 17.6. The number of hydrogen-bond donors (Lipinski definition) is 0. The van der Waals surface area contributed by atoms with Crippen LogP contribution in [0.4, 0.5) is 0 Å². The van der Waals surface area contributed by atoms with Gasteiger partial charge in [0.05, 0.1) is 23.7 Å². The van der Waals surface area contributed by atoms with E-state index < -0.39 is 47.5 Å². The fourth-order valence-corrected chi connectivity index (χ4v) is 3.79. The topological polar surface area (TPSA) is 86.7 Å². The van der Waals surface area contributed by atoms with Crippen LogP contribution in [0.15, 0.2) is 0 Å². The average Bonchev–Trinajstić information content (AvgIpc) is 2.86. The van der Waals surface area contributed by atoms with Crippen molar-refractivity contribution in [3.8, 4) is 0 Å². The number of carbonyl (C=O) groups is 4. The summed E-state index contributed by atoms with van der Waals surface area (Å²) in [5.74, 6) is -3.57. The molecule has 0 aromatic carbocycles. The van der Waals surface area contributed by atoms with Crippen LogP contribution in [-0.4, -0.2) is 23.9 Å². The van der Waals surface area contributed by atoms with E-state index in [1.807, 2.05) is 27.7 Å². The van der Waals surface area contributed by atoms with Crippen molar-refractivity contribution in [3.63, 3.8) is 0 Å². The molecule has 6 heteroatoms. The molecule has 5 atom stereocenters. The summed E-state index contributed by atoms with van der Waals surface area (Å²) >= 11 is 0. The van der Waals surface area contributed by atoms with Crippen molar-refractivity contribution in [2.24, 2.45) is 35.5 Å². The van der Waals surface area contributed by atoms with Gasteiger partial charge in [-0.15, -0.1) is 0 Å². The van der Waals surface area contributed by atoms with Gasteiger partial charge in [-0.25, -0.2) is 0 Å². The Morgan fingerprint density at radius 1 is 0.783 bits per heavy atom. The smallest absolute Gasteiger partial charge is 0.317 e. The molecule has 2 saturated heterocycles. The largest absolute Gasteiger partial charge is 0.393 e. The molecule has 2 heterocycles. The highest BCUT2D eigenvalue weighted by molar-refractivity contribution is 5.97. The number of rotatable bonds is 6. The van der Waals surface area contributed by atoms with Crippen LogP contribution in [0.25, 0.3) is 0 Å². The van der Waals surface area contributed by atoms with Gasteiger partial charge in [-0.3, -0.25) is 19.2 Å². The van der Waals surface area contributed by atoms with Crippen molar-refractivity contribution in [1.82, 2.24) is 0 Å². The lowest BCUT2D eigenvalue weighted by Gasteiger charge is -2.22. The molecular weight excluding hydrogens is 300 g/mol. The van der Waals surface area contributed by atoms with Crippen LogP contribution in [0.5, 0.6) is 0 Å². The number of esters is 4. The highest BCUT2D eigenvalue weighted by Gasteiger charge is 2.48. The first-order chi connectivity index (χ1) is 10.8. The molecule has 0 saturated carbocycles. The van der Waals surface area contributed by atoms with Crippen LogP contribution in [0.1, 0.15) is 47.0 Å². The second kappa shape index (κ2) is 6.81. The molecule has 6 nitrogen and oxygen atoms in total. The van der Waals surface area contributed by atoms with Crippen LogP contribution in [0, 0.1) is 35.5 Å². The van der Waals surface area contributed by atoms with Gasteiger partial charge in [0.2, 0.25) is 0 Å². The van der Waals surface area contributed by atoms with Crippen LogP contribution in [0.3, 0.4) is 0 Å². The zero-order valence-electron chi connectivity index (χ0n) is 14.0. The minimum absolute atomic E-state index is 0.0113. The molecule has 0 aromatic rings. The van der Waals surface area contributed by atoms with E-state index in [9.17, 15) is 19.2 Å². The second-order valence-electron chi connectivity index (χ2n) is 7.05. The van der Waals surface area contributed by atoms with Gasteiger partial charge in [-0.1, -0.05) is 27.7 Å². The summed E-state index contributed by atoms with van der Waals surface area (Å²) in [6.45, 7) is 7.56. The predicted octanol–water partition coefficient (Wildman–Crippen LogP) is 2.10. The van der Waals surface area contributed by atoms with Gasteiger partial charge >= 0.3 is 23.9 Å². The Hall–Kier alpha value is -1.72. The van der Waals surface area contributed by atoms with Gasteiger partial charge in [0.25, 0.3) is 0 Å². The van der Waals surface area contributed by atoms with Crippen LogP contribution in [0.2, 0.25) is 0 Å². The number of hydrogen-bond acceptors (Lipinski definition) is 6. The predicted molar refractivity (Wildman–Crippen MR) is 79.7 cm³/mol. The van der Waals surface area contributed by atoms with Crippen LogP contribution < -0.4 is 0 Å². The lowest BCUT2D eigenvalue weighted by molar-refractivity contribution is -0.155. The molecule has 2 aliphatic heterocycles. The van der Waals surface area contributed by atoms with E-state index in [2.05, 4.69) is 0 Å². The van der Waals surface area contributed by atoms with Gasteiger partial charge in [0, 0.05) is 0 Å². The summed E-state index contributed by atoms with van der Waals surface area (Å²) in [5, 5.41) is 0. The van der Waals surface area contributed by atoms with Gasteiger partial charge in [-0.05, 0) is 31.1 Å². The Morgan fingerprint density at radius 2 is 1.26 bits per heavy atom. The summed E-state index contributed by atoms with van der Waals surface area (Å²) < 4.78 is 9.50. The average molecular weight is 324 g/mol. The normalized spacial score (nSPS) is 32.4. The molecule has 0 N–H and O–H groups in total. The summed E-state index contributed by atoms with van der Waals surface area (Å²) in [6, 6.07) is 0. The first-order valence-electron chi connectivity index (χ1n) is 8.27. The quantitative estimate of drug-likeness (QED) is 0.549. The molecule has 128 valence electrons. The van der Waals surface area contributed by atoms with Crippen LogP contribution in [-0.2, 0) is 28.7 Å². The van der Waals surface area contributed by atoms with E-state index in [1.54, 1.807) is 0 Å². The minimum atomic E-state index is -0.474. The number of carbonyl (C=O) groups excluding carboxylic acids is 4. The molecule has 0 aliphatic carbocycles. The number of cyclic esters (lactones) is 4. The van der Waals surface area contributed by atoms with E-state index in [4.69, 9.17) is 9.47 Å². The third-order valence-corrected chi connectivity index (χ3v) is 4.97. The van der Waals surface area contributed by atoms with E-state index in [1.165, 1.54) is 0 Å². The lowest BCUT2D eigenvalue weighted by Crippen LogP contribution is -2.26. The van der Waals surface area contributed by atoms with Crippen molar-refractivity contribution < 1.29 is 28.7 Å². The van der Waals surface area contributed by atoms with E-state index in [0.29, 0.717) is 19.3 Å². The monoisotopic (exact) mass is 324 g/mol. The van der Waals surface area contributed by atoms with Gasteiger partial charge in [-0.2, -0.15) is 0 Å². The Labute approximate surface area is 135 Å². The third-order valence-electron chi connectivity index (χ3n) is 4.97. The Balaban J connectivity index is 2.02. The molecule has 2 fully saturated rings. The summed E-state index contributed by atoms with van der Waals surface area (Å²) in [5.41, 5.74) is 0. The molecule has 5 unspecified atom stereocenters. The molecule has 0 amide bonds. The molecule has 0 bridgehead atoms. The molecule has 2 rings (SSSR count). The van der Waals surface area contributed by atoms with Gasteiger partial charge in [0.15, 0.2) is 0 Å². The molecule has 0 spiro atoms. The SMILES string of the molecule is CCC1C(=O)OC(=O)C1CC(C)CC1C(=O)OC(=O)C1C(C)C. The minimum Gasteiger partial charge on any atom is -0.393 e. The third kappa shape index (κ3) is 3.46. The summed E-state index contributed by atoms with van der Waals surface area (Å²) in [7, 11) is 0. The maximum atomic E-state index is 11.9. The fourth-order valence-electron chi connectivity index (χ4n) is 3.79. The van der Waals surface area contributed by atoms with E-state index >= 15 is 0 Å². The van der Waals surface area contributed by atoms with E-state index in [0.717, 1.165) is 0 Å². The zero-order valence-corrected chi connectivity index (χ0v) is 14.0. The summed E-state index contributed by atoms with van der Waals surface area (Å²) in [4.78, 5) is 47.2. The molecular formula is C17H24O6. The Morgan fingerprint density at radius 3 is 1.83 bits per heavy atom. The maximum absolute atomic E-state index is 11.9. The van der Waals surface area contributed by atoms with Gasteiger partial charge in [0.1, 0.15) is 0 Å². The van der Waals surface area contributed by atoms with E-state index in [-0.39, 0.29) is 11.8 Å². The second-order valence-corrected chi connectivity index (χ2v) is 7.05. The van der Waals surface area contributed by atoms with Gasteiger partial charge < -0.3 is 9.47 Å². The fraction of sp³-hybridized carbons (Fsp3) is 0.765. The highest BCUT2D eigenvalue weighted by Crippen LogP contribution is 2.38.